The van der Waals surface area contributed by atoms with Gasteiger partial charge >= 0.3 is 0 Å². The maximum atomic E-state index is 12.6. The molecule has 24 heavy (non-hydrogen) atoms. The third kappa shape index (κ3) is 5.89. The third-order valence-electron chi connectivity index (χ3n) is 6.18. The lowest BCUT2D eigenvalue weighted by molar-refractivity contribution is -0.137. The minimum absolute atomic E-state index is 0.373. The molecular weight excluding hydrogens is 298 g/mol. The molecule has 0 aromatic heterocycles. The van der Waals surface area contributed by atoms with Gasteiger partial charge in [0.25, 0.3) is 0 Å². The molecule has 1 saturated carbocycles. The highest BCUT2D eigenvalue weighted by molar-refractivity contribution is 5.78. The number of hydrogen-bond acceptors (Lipinski definition) is 2. The van der Waals surface area contributed by atoms with Crippen molar-refractivity contribution in [3.8, 4) is 0 Å². The number of unbranched alkanes of at least 4 members (excludes halogenated alkanes) is 2. The number of piperidine rings is 1. The van der Waals surface area contributed by atoms with Gasteiger partial charge in [-0.05, 0) is 50.4 Å². The minimum Gasteiger partial charge on any atom is -0.339 e. The molecule has 138 valence electrons. The summed E-state index contributed by atoms with van der Waals surface area (Å²) in [5.41, 5.74) is 0. The average molecular weight is 336 g/mol. The van der Waals surface area contributed by atoms with Crippen LogP contribution >= 0.6 is 0 Å². The van der Waals surface area contributed by atoms with E-state index in [-0.39, 0.29) is 0 Å². The summed E-state index contributed by atoms with van der Waals surface area (Å²) in [5.74, 6) is 2.06. The van der Waals surface area contributed by atoms with E-state index in [0.29, 0.717) is 36.5 Å². The van der Waals surface area contributed by atoms with Crippen molar-refractivity contribution in [3.05, 3.63) is 0 Å². The Morgan fingerprint density at radius 3 is 2.50 bits per heavy atom. The predicted molar refractivity (Wildman–Crippen MR) is 98.9 cm³/mol. The first-order valence-electron chi connectivity index (χ1n) is 10.4. The number of nitrogens with zero attached hydrogens (tertiary/aromatic N) is 1. The molecular formula is C21H37NO2. The summed E-state index contributed by atoms with van der Waals surface area (Å²) in [7, 11) is 0. The normalized spacial score (nSPS) is 25.2. The molecule has 0 aromatic rings. The number of Topliss-reactive ketones (excluding diaryl/α,β-unsaturated/α-hetero) is 1. The van der Waals surface area contributed by atoms with Crippen LogP contribution in [0.3, 0.4) is 0 Å². The molecule has 0 bridgehead atoms. The van der Waals surface area contributed by atoms with E-state index in [1.807, 2.05) is 0 Å². The Morgan fingerprint density at radius 1 is 1.00 bits per heavy atom. The first-order valence-corrected chi connectivity index (χ1v) is 10.4. The molecule has 1 aliphatic carbocycles. The van der Waals surface area contributed by atoms with Crippen molar-refractivity contribution in [2.75, 3.05) is 6.54 Å². The lowest BCUT2D eigenvalue weighted by atomic mass is 9.78. The van der Waals surface area contributed by atoms with Crippen molar-refractivity contribution < 1.29 is 9.59 Å². The van der Waals surface area contributed by atoms with Gasteiger partial charge in [-0.3, -0.25) is 9.59 Å². The van der Waals surface area contributed by atoms with Crippen LogP contribution in [0.5, 0.6) is 0 Å². The molecule has 0 N–H and O–H groups in total. The molecule has 1 heterocycles. The summed E-state index contributed by atoms with van der Waals surface area (Å²) >= 11 is 0. The van der Waals surface area contributed by atoms with Crippen molar-refractivity contribution in [1.29, 1.82) is 0 Å². The lowest BCUT2D eigenvalue weighted by Crippen LogP contribution is -2.49. The van der Waals surface area contributed by atoms with Gasteiger partial charge in [0.05, 0.1) is 0 Å². The van der Waals surface area contributed by atoms with Gasteiger partial charge in [-0.2, -0.15) is 0 Å². The van der Waals surface area contributed by atoms with E-state index in [1.54, 1.807) is 0 Å². The fourth-order valence-electron chi connectivity index (χ4n) is 4.49. The van der Waals surface area contributed by atoms with Crippen LogP contribution in [-0.4, -0.2) is 29.2 Å². The monoisotopic (exact) mass is 335 g/mol. The summed E-state index contributed by atoms with van der Waals surface area (Å²) < 4.78 is 0. The van der Waals surface area contributed by atoms with E-state index < -0.39 is 0 Å². The number of carbonyl (C=O) groups is 2. The third-order valence-corrected chi connectivity index (χ3v) is 6.18. The predicted octanol–water partition coefficient (Wildman–Crippen LogP) is 5.12. The van der Waals surface area contributed by atoms with Crippen molar-refractivity contribution in [2.24, 2.45) is 11.8 Å². The highest BCUT2D eigenvalue weighted by atomic mass is 16.2. The Labute approximate surface area is 148 Å². The second-order valence-corrected chi connectivity index (χ2v) is 8.16. The maximum absolute atomic E-state index is 12.6. The molecule has 3 atom stereocenters. The summed E-state index contributed by atoms with van der Waals surface area (Å²) in [6.45, 7) is 5.27. The number of rotatable bonds is 9. The highest BCUT2D eigenvalue weighted by Crippen LogP contribution is 2.35. The first kappa shape index (κ1) is 19.5. The van der Waals surface area contributed by atoms with Gasteiger partial charge in [0.15, 0.2) is 0 Å². The molecule has 0 aromatic carbocycles. The Morgan fingerprint density at radius 2 is 1.71 bits per heavy atom. The largest absolute Gasteiger partial charge is 0.339 e. The quantitative estimate of drug-likeness (QED) is 0.548. The Hall–Kier alpha value is -0.860. The van der Waals surface area contributed by atoms with E-state index in [0.717, 1.165) is 44.6 Å². The van der Waals surface area contributed by atoms with E-state index in [4.69, 9.17) is 0 Å². The van der Waals surface area contributed by atoms with Crippen LogP contribution < -0.4 is 0 Å². The molecule has 3 unspecified atom stereocenters. The Bertz CT molecular complexity index is 405. The van der Waals surface area contributed by atoms with Crippen LogP contribution in [0.4, 0.5) is 0 Å². The van der Waals surface area contributed by atoms with E-state index in [9.17, 15) is 9.59 Å². The van der Waals surface area contributed by atoms with Crippen LogP contribution in [-0.2, 0) is 9.59 Å². The molecule has 1 saturated heterocycles. The molecule has 1 aliphatic heterocycles. The van der Waals surface area contributed by atoms with E-state index in [2.05, 4.69) is 18.7 Å². The number of fused-ring (bicyclic) bond motifs is 1. The number of hydrogen-bond donors (Lipinski definition) is 0. The average Bonchev–Trinajstić information content (AvgIpc) is 2.60. The van der Waals surface area contributed by atoms with Crippen LogP contribution in [0.15, 0.2) is 0 Å². The molecule has 2 aliphatic rings. The second-order valence-electron chi connectivity index (χ2n) is 8.16. The fraction of sp³-hybridized carbons (Fsp3) is 0.905. The lowest BCUT2D eigenvalue weighted by Gasteiger charge is -2.44. The van der Waals surface area contributed by atoms with Crippen LogP contribution in [0.2, 0.25) is 0 Å². The van der Waals surface area contributed by atoms with E-state index >= 15 is 0 Å². The topological polar surface area (TPSA) is 37.4 Å². The molecule has 0 radical (unpaired) electrons. The van der Waals surface area contributed by atoms with Gasteiger partial charge in [-0.1, -0.05) is 39.5 Å². The Kier molecular flexibility index (Phi) is 8.28. The molecule has 2 fully saturated rings. The molecule has 2 rings (SSSR count). The summed E-state index contributed by atoms with van der Waals surface area (Å²) in [4.78, 5) is 26.6. The summed E-state index contributed by atoms with van der Waals surface area (Å²) in [6, 6.07) is 0.539. The fourth-order valence-corrected chi connectivity index (χ4v) is 4.49. The Balaban J connectivity index is 1.61. The SMILES string of the molecule is CCC(C)CC(=O)CCCCCC(=O)N1CCCC2CCCCC21. The number of likely N-dealkylation sites (tertiary alicyclic amines) is 1. The van der Waals surface area contributed by atoms with Crippen LogP contribution in [0, 0.1) is 11.8 Å². The van der Waals surface area contributed by atoms with Gasteiger partial charge in [0.1, 0.15) is 5.78 Å². The zero-order chi connectivity index (χ0) is 17.4. The van der Waals surface area contributed by atoms with Crippen molar-refractivity contribution >= 4 is 11.7 Å². The van der Waals surface area contributed by atoms with E-state index in [1.165, 1.54) is 38.5 Å². The molecule has 1 amide bonds. The maximum Gasteiger partial charge on any atom is 0.222 e. The zero-order valence-corrected chi connectivity index (χ0v) is 15.9. The first-order chi connectivity index (χ1) is 11.6. The number of amides is 1. The molecule has 3 heteroatoms. The highest BCUT2D eigenvalue weighted by Gasteiger charge is 2.35. The van der Waals surface area contributed by atoms with Crippen LogP contribution in [0.25, 0.3) is 0 Å². The van der Waals surface area contributed by atoms with Gasteiger partial charge in [-0.25, -0.2) is 0 Å². The molecule has 0 spiro atoms. The summed E-state index contributed by atoms with van der Waals surface area (Å²) in [6.07, 6.45) is 13.8. The number of carbonyl (C=O) groups excluding carboxylic acids is 2. The van der Waals surface area contributed by atoms with Crippen molar-refractivity contribution in [2.45, 2.75) is 103 Å². The van der Waals surface area contributed by atoms with Gasteiger partial charge in [0.2, 0.25) is 5.91 Å². The second kappa shape index (κ2) is 10.2. The smallest absolute Gasteiger partial charge is 0.222 e. The zero-order valence-electron chi connectivity index (χ0n) is 15.9. The number of ketones is 1. The standard InChI is InChI=1S/C21H37NO2/c1-3-17(2)16-19(23)12-5-4-6-14-21(24)22-15-9-11-18-10-7-8-13-20(18)22/h17-18,20H,3-16H2,1-2H3. The van der Waals surface area contributed by atoms with Gasteiger partial charge in [-0.15, -0.1) is 0 Å². The van der Waals surface area contributed by atoms with Crippen LogP contribution in [0.1, 0.15) is 97.3 Å². The van der Waals surface area contributed by atoms with Crippen molar-refractivity contribution in [3.63, 3.8) is 0 Å². The van der Waals surface area contributed by atoms with Gasteiger partial charge in [0, 0.05) is 31.8 Å². The summed E-state index contributed by atoms with van der Waals surface area (Å²) in [5, 5.41) is 0. The molecule has 3 nitrogen and oxygen atoms in total. The van der Waals surface area contributed by atoms with Gasteiger partial charge < -0.3 is 4.90 Å². The minimum atomic E-state index is 0.373. The van der Waals surface area contributed by atoms with Crippen molar-refractivity contribution in [1.82, 2.24) is 4.90 Å².